The van der Waals surface area contributed by atoms with E-state index in [4.69, 9.17) is 4.74 Å². The van der Waals surface area contributed by atoms with Gasteiger partial charge in [-0.25, -0.2) is 4.68 Å². The molecule has 0 N–H and O–H groups in total. The van der Waals surface area contributed by atoms with Gasteiger partial charge in [0.05, 0.1) is 18.8 Å². The zero-order valence-corrected chi connectivity index (χ0v) is 16.8. The van der Waals surface area contributed by atoms with Crippen molar-refractivity contribution < 1.29 is 9.53 Å². The molecule has 0 unspecified atom stereocenters. The fourth-order valence-corrected chi connectivity index (χ4v) is 3.83. The minimum atomic E-state index is -0.169. The number of methoxy groups -OCH3 is 1. The van der Waals surface area contributed by atoms with E-state index in [-0.39, 0.29) is 17.5 Å². The Morgan fingerprint density at radius 3 is 2.72 bits per heavy atom. The number of carbonyl (C=O) groups excluding carboxylic acids is 1. The first-order valence-electron chi connectivity index (χ1n) is 9.60. The minimum absolute atomic E-state index is 0.0161. The van der Waals surface area contributed by atoms with Crippen LogP contribution in [0.2, 0.25) is 0 Å². The van der Waals surface area contributed by atoms with Gasteiger partial charge in [0.2, 0.25) is 0 Å². The predicted molar refractivity (Wildman–Crippen MR) is 111 cm³/mol. The Morgan fingerprint density at radius 2 is 1.97 bits per heavy atom. The van der Waals surface area contributed by atoms with Crippen LogP contribution in [0, 0.1) is 0 Å². The highest BCUT2D eigenvalue weighted by molar-refractivity contribution is 5.95. The maximum absolute atomic E-state index is 13.3. The Labute approximate surface area is 169 Å². The summed E-state index contributed by atoms with van der Waals surface area (Å²) in [7, 11) is 3.26. The van der Waals surface area contributed by atoms with Crippen LogP contribution in [0.25, 0.3) is 11.3 Å². The van der Waals surface area contributed by atoms with E-state index in [1.807, 2.05) is 48.2 Å². The smallest absolute Gasteiger partial charge is 0.266 e. The van der Waals surface area contributed by atoms with Crippen molar-refractivity contribution in [3.8, 4) is 17.0 Å². The normalized spacial score (nSPS) is 15.7. The van der Waals surface area contributed by atoms with Crippen molar-refractivity contribution in [2.45, 2.75) is 19.4 Å². The average molecular weight is 389 g/mol. The quantitative estimate of drug-likeness (QED) is 0.690. The molecule has 6 heteroatoms. The van der Waals surface area contributed by atoms with E-state index in [1.54, 1.807) is 20.2 Å². The zero-order valence-electron chi connectivity index (χ0n) is 16.8. The summed E-state index contributed by atoms with van der Waals surface area (Å²) in [5.41, 5.74) is 4.28. The second-order valence-electron chi connectivity index (χ2n) is 7.25. The molecule has 6 nitrogen and oxygen atoms in total. The standard InChI is InChI=1S/C23H23N3O3/c1-15-20-14-19(29-3)8-7-16(20)11-12-26(15)23(28)18-6-4-5-17(13-18)21-9-10-22(27)25(2)24-21/h4-10,13-15H,11-12H2,1-3H3/t15-/m1/s1. The third-order valence-electron chi connectivity index (χ3n) is 5.52. The highest BCUT2D eigenvalue weighted by atomic mass is 16.5. The molecule has 3 aromatic rings. The molecule has 0 saturated carbocycles. The van der Waals surface area contributed by atoms with E-state index in [0.717, 1.165) is 23.3 Å². The minimum Gasteiger partial charge on any atom is -0.497 e. The Bertz CT molecular complexity index is 1140. The van der Waals surface area contributed by atoms with Crippen molar-refractivity contribution in [3.63, 3.8) is 0 Å². The molecule has 0 aliphatic carbocycles. The van der Waals surface area contributed by atoms with Crippen LogP contribution in [-0.4, -0.2) is 34.2 Å². The lowest BCUT2D eigenvalue weighted by Gasteiger charge is -2.35. The maximum Gasteiger partial charge on any atom is 0.266 e. The molecule has 0 bridgehead atoms. The van der Waals surface area contributed by atoms with Crippen molar-refractivity contribution >= 4 is 5.91 Å². The summed E-state index contributed by atoms with van der Waals surface area (Å²) in [5, 5.41) is 4.29. The van der Waals surface area contributed by atoms with Gasteiger partial charge in [-0.05, 0) is 54.8 Å². The first-order chi connectivity index (χ1) is 14.0. The molecule has 2 aromatic carbocycles. The number of aromatic nitrogens is 2. The molecular weight excluding hydrogens is 366 g/mol. The number of rotatable bonds is 3. The van der Waals surface area contributed by atoms with Crippen LogP contribution in [0.3, 0.4) is 0 Å². The van der Waals surface area contributed by atoms with Crippen molar-refractivity contribution in [3.05, 3.63) is 81.6 Å². The topological polar surface area (TPSA) is 64.4 Å². The molecular formula is C23H23N3O3. The van der Waals surface area contributed by atoms with Gasteiger partial charge in [0.25, 0.3) is 11.5 Å². The van der Waals surface area contributed by atoms with E-state index >= 15 is 0 Å². The van der Waals surface area contributed by atoms with Gasteiger partial charge in [-0.3, -0.25) is 9.59 Å². The Kier molecular flexibility index (Phi) is 4.92. The van der Waals surface area contributed by atoms with Crippen molar-refractivity contribution in [2.75, 3.05) is 13.7 Å². The summed E-state index contributed by atoms with van der Waals surface area (Å²) < 4.78 is 6.65. The number of hydrogen-bond donors (Lipinski definition) is 0. The van der Waals surface area contributed by atoms with E-state index in [0.29, 0.717) is 17.8 Å². The number of fused-ring (bicyclic) bond motifs is 1. The first-order valence-corrected chi connectivity index (χ1v) is 9.60. The monoisotopic (exact) mass is 389 g/mol. The van der Waals surface area contributed by atoms with Gasteiger partial charge in [0.1, 0.15) is 5.75 Å². The first kappa shape index (κ1) is 18.9. The van der Waals surface area contributed by atoms with Crippen LogP contribution in [0.4, 0.5) is 0 Å². The average Bonchev–Trinajstić information content (AvgIpc) is 2.75. The Hall–Kier alpha value is -3.41. The molecule has 29 heavy (non-hydrogen) atoms. The summed E-state index contributed by atoms with van der Waals surface area (Å²) in [5.74, 6) is 0.783. The number of aryl methyl sites for hydroxylation is 1. The summed E-state index contributed by atoms with van der Waals surface area (Å²) in [6.07, 6.45) is 0.817. The largest absolute Gasteiger partial charge is 0.497 e. The molecule has 0 spiro atoms. The molecule has 0 radical (unpaired) electrons. The highest BCUT2D eigenvalue weighted by Crippen LogP contribution is 2.33. The van der Waals surface area contributed by atoms with Gasteiger partial charge in [0.15, 0.2) is 0 Å². The Morgan fingerprint density at radius 1 is 1.14 bits per heavy atom. The summed E-state index contributed by atoms with van der Waals surface area (Å²) >= 11 is 0. The van der Waals surface area contributed by atoms with Crippen LogP contribution >= 0.6 is 0 Å². The number of nitrogens with zero attached hydrogens (tertiary/aromatic N) is 3. The third-order valence-corrected chi connectivity index (χ3v) is 5.52. The van der Waals surface area contributed by atoms with Crippen molar-refractivity contribution in [2.24, 2.45) is 7.05 Å². The fourth-order valence-electron chi connectivity index (χ4n) is 3.83. The van der Waals surface area contributed by atoms with E-state index < -0.39 is 0 Å². The molecule has 0 fully saturated rings. The number of carbonyl (C=O) groups is 1. The van der Waals surface area contributed by atoms with Gasteiger partial charge in [-0.1, -0.05) is 18.2 Å². The summed E-state index contributed by atoms with van der Waals surface area (Å²) in [4.78, 5) is 26.8. The molecule has 1 aliphatic heterocycles. The molecule has 4 rings (SSSR count). The second kappa shape index (κ2) is 7.54. The van der Waals surface area contributed by atoms with Gasteiger partial charge in [0, 0.05) is 30.8 Å². The van der Waals surface area contributed by atoms with E-state index in [1.165, 1.54) is 16.3 Å². The van der Waals surface area contributed by atoms with Gasteiger partial charge in [-0.15, -0.1) is 0 Å². The van der Waals surface area contributed by atoms with Gasteiger partial charge >= 0.3 is 0 Å². The summed E-state index contributed by atoms with van der Waals surface area (Å²) in [6, 6.07) is 16.6. The molecule has 2 heterocycles. The van der Waals surface area contributed by atoms with Crippen LogP contribution < -0.4 is 10.3 Å². The highest BCUT2D eigenvalue weighted by Gasteiger charge is 2.28. The van der Waals surface area contributed by atoms with Crippen molar-refractivity contribution in [1.29, 1.82) is 0 Å². The van der Waals surface area contributed by atoms with Crippen LogP contribution in [0.1, 0.15) is 34.5 Å². The molecule has 1 amide bonds. The molecule has 148 valence electrons. The van der Waals surface area contributed by atoms with E-state index in [9.17, 15) is 9.59 Å². The van der Waals surface area contributed by atoms with Gasteiger partial charge < -0.3 is 9.64 Å². The van der Waals surface area contributed by atoms with Crippen LogP contribution in [-0.2, 0) is 13.5 Å². The SMILES string of the molecule is COc1ccc2c(c1)[C@@H](C)N(C(=O)c1cccc(-c3ccc(=O)n(C)n3)c1)CC2. The second-order valence-corrected chi connectivity index (χ2v) is 7.25. The van der Waals surface area contributed by atoms with Crippen LogP contribution in [0.15, 0.2) is 59.4 Å². The molecule has 1 aromatic heterocycles. The summed E-state index contributed by atoms with van der Waals surface area (Å²) in [6.45, 7) is 2.72. The predicted octanol–water partition coefficient (Wildman–Crippen LogP) is 3.22. The zero-order chi connectivity index (χ0) is 20.5. The lowest BCUT2D eigenvalue weighted by Crippen LogP contribution is -2.38. The molecule has 0 saturated heterocycles. The number of benzene rings is 2. The maximum atomic E-state index is 13.3. The number of amides is 1. The molecule has 1 aliphatic rings. The number of ether oxygens (including phenoxy) is 1. The van der Waals surface area contributed by atoms with E-state index in [2.05, 4.69) is 11.2 Å². The fraction of sp³-hybridized carbons (Fsp3) is 0.261. The van der Waals surface area contributed by atoms with Crippen molar-refractivity contribution in [1.82, 2.24) is 14.7 Å². The van der Waals surface area contributed by atoms with Crippen LogP contribution in [0.5, 0.6) is 5.75 Å². The van der Waals surface area contributed by atoms with Gasteiger partial charge in [-0.2, -0.15) is 5.10 Å². The number of hydrogen-bond acceptors (Lipinski definition) is 4. The molecule has 1 atom stereocenters. The lowest BCUT2D eigenvalue weighted by atomic mass is 9.92. The lowest BCUT2D eigenvalue weighted by molar-refractivity contribution is 0.0677. The Balaban J connectivity index is 1.64. The third kappa shape index (κ3) is 3.53.